The third-order valence-electron chi connectivity index (χ3n) is 3.44. The van der Waals surface area contributed by atoms with Crippen LogP contribution in [0, 0.1) is 0 Å². The molecular weight excluding hydrogens is 260 g/mol. The zero-order valence-electron chi connectivity index (χ0n) is 12.9. The maximum atomic E-state index is 5.60. The lowest BCUT2D eigenvalue weighted by Gasteiger charge is -2.15. The second kappa shape index (κ2) is 8.42. The van der Waals surface area contributed by atoms with E-state index < -0.39 is 0 Å². The van der Waals surface area contributed by atoms with E-state index in [0.29, 0.717) is 6.04 Å². The lowest BCUT2D eigenvalue weighted by atomic mass is 10.1. The largest absolute Gasteiger partial charge is 0.494 e. The number of aromatic nitrogens is 1. The molecule has 0 aliphatic carbocycles. The molecule has 0 spiro atoms. The lowest BCUT2D eigenvalue weighted by Crippen LogP contribution is -2.21. The van der Waals surface area contributed by atoms with Gasteiger partial charge in [-0.2, -0.15) is 0 Å². The summed E-state index contributed by atoms with van der Waals surface area (Å²) in [6, 6.07) is 12.8. The summed E-state index contributed by atoms with van der Waals surface area (Å²) in [4.78, 5) is 4.13. The maximum Gasteiger partial charge on any atom is 0.119 e. The summed E-state index contributed by atoms with van der Waals surface area (Å²) in [6.07, 6.45) is 5.76. The Morgan fingerprint density at radius 3 is 2.67 bits per heavy atom. The molecule has 0 amide bonds. The molecule has 3 heteroatoms. The van der Waals surface area contributed by atoms with E-state index in [4.69, 9.17) is 4.74 Å². The van der Waals surface area contributed by atoms with Gasteiger partial charge in [0, 0.05) is 18.4 Å². The number of rotatable bonds is 8. The Kier molecular flexibility index (Phi) is 6.22. The first kappa shape index (κ1) is 15.5. The Bertz CT molecular complexity index is 511. The number of hydrogen-bond acceptors (Lipinski definition) is 3. The van der Waals surface area contributed by atoms with Crippen LogP contribution in [0.5, 0.6) is 5.75 Å². The van der Waals surface area contributed by atoms with E-state index in [-0.39, 0.29) is 0 Å². The summed E-state index contributed by atoms with van der Waals surface area (Å²) < 4.78 is 5.60. The lowest BCUT2D eigenvalue weighted by molar-refractivity contribution is 0.317. The molecule has 0 bridgehead atoms. The van der Waals surface area contributed by atoms with Crippen LogP contribution in [0.2, 0.25) is 0 Å². The number of nitrogens with zero attached hydrogens (tertiary/aromatic N) is 1. The number of benzene rings is 1. The van der Waals surface area contributed by atoms with Crippen LogP contribution in [0.1, 0.15) is 37.4 Å². The fraction of sp³-hybridized carbons (Fsp3) is 0.389. The van der Waals surface area contributed by atoms with E-state index >= 15 is 0 Å². The standard InChI is InChI=1S/C18H24N2O/c1-3-13-21-18-8-6-17(7-9-18)15(2)20-12-10-16-5-4-11-19-14-16/h4-9,11,14-15,20H,3,10,12-13H2,1-2H3. The van der Waals surface area contributed by atoms with Crippen molar-refractivity contribution in [1.29, 1.82) is 0 Å². The average molecular weight is 284 g/mol. The van der Waals surface area contributed by atoms with Crippen molar-refractivity contribution in [2.45, 2.75) is 32.7 Å². The van der Waals surface area contributed by atoms with E-state index in [0.717, 1.165) is 31.7 Å². The van der Waals surface area contributed by atoms with Gasteiger partial charge in [0.2, 0.25) is 0 Å². The van der Waals surface area contributed by atoms with Crippen molar-refractivity contribution < 1.29 is 4.74 Å². The molecule has 21 heavy (non-hydrogen) atoms. The molecule has 0 saturated heterocycles. The van der Waals surface area contributed by atoms with Gasteiger partial charge in [-0.25, -0.2) is 0 Å². The van der Waals surface area contributed by atoms with Crippen LogP contribution in [0.15, 0.2) is 48.8 Å². The Labute approximate surface area is 127 Å². The summed E-state index contributed by atoms with van der Waals surface area (Å²) in [5.41, 5.74) is 2.55. The Hall–Kier alpha value is -1.87. The van der Waals surface area contributed by atoms with Crippen LogP contribution < -0.4 is 10.1 Å². The van der Waals surface area contributed by atoms with Crippen molar-refractivity contribution in [3.05, 3.63) is 59.9 Å². The smallest absolute Gasteiger partial charge is 0.119 e. The van der Waals surface area contributed by atoms with Crippen LogP contribution in [0.25, 0.3) is 0 Å². The van der Waals surface area contributed by atoms with Crippen LogP contribution in [0.4, 0.5) is 0 Å². The summed E-state index contributed by atoms with van der Waals surface area (Å²) in [5, 5.41) is 3.54. The number of nitrogens with one attached hydrogen (secondary N) is 1. The van der Waals surface area contributed by atoms with Gasteiger partial charge in [0.1, 0.15) is 5.75 Å². The van der Waals surface area contributed by atoms with Crippen LogP contribution in [-0.2, 0) is 6.42 Å². The van der Waals surface area contributed by atoms with E-state index in [1.165, 1.54) is 11.1 Å². The predicted molar refractivity (Wildman–Crippen MR) is 86.6 cm³/mol. The SMILES string of the molecule is CCCOc1ccc(C(C)NCCc2cccnc2)cc1. The first-order valence-corrected chi connectivity index (χ1v) is 7.64. The van der Waals surface area contributed by atoms with Gasteiger partial charge in [0.25, 0.3) is 0 Å². The molecular formula is C18H24N2O. The van der Waals surface area contributed by atoms with Gasteiger partial charge in [-0.15, -0.1) is 0 Å². The summed E-state index contributed by atoms with van der Waals surface area (Å²) in [7, 11) is 0. The normalized spacial score (nSPS) is 12.1. The predicted octanol–water partition coefficient (Wildman–Crippen LogP) is 3.76. The highest BCUT2D eigenvalue weighted by Gasteiger charge is 2.04. The van der Waals surface area contributed by atoms with Gasteiger partial charge in [0.05, 0.1) is 6.61 Å². The van der Waals surface area contributed by atoms with Crippen LogP contribution in [0.3, 0.4) is 0 Å². The molecule has 0 saturated carbocycles. The van der Waals surface area contributed by atoms with Crippen molar-refractivity contribution in [2.75, 3.05) is 13.2 Å². The molecule has 0 radical (unpaired) electrons. The van der Waals surface area contributed by atoms with E-state index in [9.17, 15) is 0 Å². The van der Waals surface area contributed by atoms with E-state index in [1.54, 1.807) is 0 Å². The van der Waals surface area contributed by atoms with Crippen LogP contribution >= 0.6 is 0 Å². The molecule has 0 aliphatic heterocycles. The maximum absolute atomic E-state index is 5.60. The van der Waals surface area contributed by atoms with Gasteiger partial charge < -0.3 is 10.1 Å². The zero-order valence-corrected chi connectivity index (χ0v) is 12.9. The Morgan fingerprint density at radius 2 is 2.00 bits per heavy atom. The minimum Gasteiger partial charge on any atom is -0.494 e. The molecule has 1 unspecified atom stereocenters. The highest BCUT2D eigenvalue weighted by molar-refractivity contribution is 5.29. The first-order chi connectivity index (χ1) is 10.3. The third kappa shape index (κ3) is 5.20. The highest BCUT2D eigenvalue weighted by Crippen LogP contribution is 2.17. The molecule has 112 valence electrons. The zero-order chi connectivity index (χ0) is 14.9. The van der Waals surface area contributed by atoms with Crippen molar-refractivity contribution in [3.63, 3.8) is 0 Å². The third-order valence-corrected chi connectivity index (χ3v) is 3.44. The van der Waals surface area contributed by atoms with E-state index in [2.05, 4.69) is 42.3 Å². The van der Waals surface area contributed by atoms with Crippen molar-refractivity contribution in [1.82, 2.24) is 10.3 Å². The molecule has 1 atom stereocenters. The first-order valence-electron chi connectivity index (χ1n) is 7.64. The van der Waals surface area contributed by atoms with Crippen molar-refractivity contribution in [2.24, 2.45) is 0 Å². The fourth-order valence-corrected chi connectivity index (χ4v) is 2.17. The van der Waals surface area contributed by atoms with E-state index in [1.807, 2.05) is 30.6 Å². The molecule has 3 nitrogen and oxygen atoms in total. The molecule has 1 heterocycles. The topological polar surface area (TPSA) is 34.1 Å². The molecule has 0 aliphatic rings. The summed E-state index contributed by atoms with van der Waals surface area (Å²) >= 11 is 0. The number of pyridine rings is 1. The Morgan fingerprint density at radius 1 is 1.19 bits per heavy atom. The molecule has 1 aromatic carbocycles. The Balaban J connectivity index is 1.78. The summed E-state index contributed by atoms with van der Waals surface area (Å²) in [5.74, 6) is 0.947. The van der Waals surface area contributed by atoms with Gasteiger partial charge in [-0.1, -0.05) is 25.1 Å². The molecule has 0 fully saturated rings. The average Bonchev–Trinajstić information content (AvgIpc) is 2.54. The van der Waals surface area contributed by atoms with Gasteiger partial charge >= 0.3 is 0 Å². The number of ether oxygens (including phenoxy) is 1. The minimum absolute atomic E-state index is 0.335. The van der Waals surface area contributed by atoms with Crippen LogP contribution in [-0.4, -0.2) is 18.1 Å². The second-order valence-corrected chi connectivity index (χ2v) is 5.20. The van der Waals surface area contributed by atoms with Gasteiger partial charge in [0.15, 0.2) is 0 Å². The quantitative estimate of drug-likeness (QED) is 0.801. The van der Waals surface area contributed by atoms with Gasteiger partial charge in [-0.05, 0) is 55.6 Å². The monoisotopic (exact) mass is 284 g/mol. The number of hydrogen-bond donors (Lipinski definition) is 1. The van der Waals surface area contributed by atoms with Crippen molar-refractivity contribution >= 4 is 0 Å². The molecule has 1 N–H and O–H groups in total. The molecule has 2 aromatic rings. The molecule has 2 rings (SSSR count). The minimum atomic E-state index is 0.335. The fourth-order valence-electron chi connectivity index (χ4n) is 2.17. The molecule has 1 aromatic heterocycles. The second-order valence-electron chi connectivity index (χ2n) is 5.20. The highest BCUT2D eigenvalue weighted by atomic mass is 16.5. The summed E-state index contributed by atoms with van der Waals surface area (Å²) in [6.45, 7) is 6.02. The van der Waals surface area contributed by atoms with Crippen molar-refractivity contribution in [3.8, 4) is 5.75 Å². The van der Waals surface area contributed by atoms with Gasteiger partial charge in [-0.3, -0.25) is 4.98 Å².